The molecule has 0 aliphatic carbocycles. The van der Waals surface area contributed by atoms with E-state index in [1.54, 1.807) is 18.3 Å². The Labute approximate surface area is 248 Å². The fourth-order valence-electron chi connectivity index (χ4n) is 5.66. The normalized spacial score (nSPS) is 13.4. The van der Waals surface area contributed by atoms with Crippen molar-refractivity contribution in [3.8, 4) is 11.5 Å². The van der Waals surface area contributed by atoms with Crippen molar-refractivity contribution < 1.29 is 29.6 Å². The number of Topliss-reactive ketones (excluding diaryl/α,β-unsaturated/α-hetero) is 2. The van der Waals surface area contributed by atoms with Crippen LogP contribution in [-0.2, 0) is 22.4 Å². The van der Waals surface area contributed by atoms with Crippen molar-refractivity contribution in [2.24, 2.45) is 11.8 Å². The Kier molecular flexibility index (Phi) is 13.0. The fourth-order valence-corrected chi connectivity index (χ4v) is 5.66. The summed E-state index contributed by atoms with van der Waals surface area (Å²) in [7, 11) is 1.47. The van der Waals surface area contributed by atoms with E-state index in [0.29, 0.717) is 37.1 Å². The van der Waals surface area contributed by atoms with E-state index in [4.69, 9.17) is 10.5 Å². The average Bonchev–Trinajstić information content (AvgIpc) is 3.49. The number of phenolic OH excluding ortho intramolecular Hbond substituents is 1. The highest BCUT2D eigenvalue weighted by molar-refractivity contribution is 5.99. The summed E-state index contributed by atoms with van der Waals surface area (Å²) < 4.78 is 5.50. The minimum Gasteiger partial charge on any atom is -0.504 e. The molecule has 9 heteroatoms. The molecule has 0 saturated carbocycles. The molecule has 3 rings (SSSR count). The number of ether oxygens (including phenoxy) is 1. The first-order valence-electron chi connectivity index (χ1n) is 14.8. The zero-order valence-corrected chi connectivity index (χ0v) is 24.7. The minimum absolute atomic E-state index is 0.0441. The number of rotatable bonds is 19. The number of nitrogens with two attached hydrogens (primary N) is 1. The molecule has 0 radical (unpaired) electrons. The number of aromatic amines is 1. The van der Waals surface area contributed by atoms with Gasteiger partial charge in [-0.15, -0.1) is 0 Å². The Morgan fingerprint density at radius 2 is 1.86 bits per heavy atom. The van der Waals surface area contributed by atoms with Gasteiger partial charge >= 0.3 is 0 Å². The van der Waals surface area contributed by atoms with Crippen molar-refractivity contribution >= 4 is 17.4 Å². The molecule has 6 N–H and O–H groups in total. The number of carbonyl (C=O) groups excluding carboxylic acids is 2. The van der Waals surface area contributed by atoms with Crippen LogP contribution in [0.15, 0.2) is 48.8 Å². The second kappa shape index (κ2) is 16.7. The monoisotopic (exact) mass is 579 g/mol. The number of benzene rings is 1. The van der Waals surface area contributed by atoms with Gasteiger partial charge in [-0.25, -0.2) is 4.98 Å². The lowest BCUT2D eigenvalue weighted by Gasteiger charge is -2.28. The number of phenols is 1. The molecule has 0 fully saturated rings. The number of nitrogen functional groups attached to an aromatic ring is 1. The summed E-state index contributed by atoms with van der Waals surface area (Å²) >= 11 is 0. The molecule has 0 amide bonds. The van der Waals surface area contributed by atoms with Gasteiger partial charge in [0.25, 0.3) is 0 Å². The number of anilines is 1. The number of aliphatic hydroxyl groups excluding tert-OH is 2. The molecule has 2 aromatic heterocycles. The molecule has 0 unspecified atom stereocenters. The van der Waals surface area contributed by atoms with Gasteiger partial charge in [0.15, 0.2) is 11.5 Å². The van der Waals surface area contributed by atoms with Crippen LogP contribution in [0.4, 0.5) is 5.82 Å². The van der Waals surface area contributed by atoms with Gasteiger partial charge in [-0.05, 0) is 85.4 Å². The lowest BCUT2D eigenvalue weighted by molar-refractivity contribution is -0.127. The van der Waals surface area contributed by atoms with E-state index < -0.39 is 5.92 Å². The molecule has 3 atom stereocenters. The number of aryl methyl sites for hydroxylation is 1. The zero-order chi connectivity index (χ0) is 30.5. The molecule has 1 aromatic carbocycles. The van der Waals surface area contributed by atoms with Crippen molar-refractivity contribution in [3.63, 3.8) is 0 Å². The molecular formula is C33H45N3O6. The fraction of sp³-hybridized carbons (Fsp3) is 0.485. The molecule has 3 aromatic rings. The number of aromatic nitrogens is 2. The second-order valence-corrected chi connectivity index (χ2v) is 11.1. The quantitative estimate of drug-likeness (QED) is 0.128. The number of hydrogen-bond donors (Lipinski definition) is 5. The Hall–Kier alpha value is -3.69. The smallest absolute Gasteiger partial charge is 0.161 e. The summed E-state index contributed by atoms with van der Waals surface area (Å²) in [5.41, 5.74) is 9.07. The van der Waals surface area contributed by atoms with Gasteiger partial charge in [0.05, 0.1) is 13.5 Å². The molecule has 0 aliphatic heterocycles. The SMILES string of the molecule is CCC[C@H](CO)CCCC(=O)CC(=O)CCc1cc(OC)c(O)c([C@@H](c2ccnc(N)c2)[C@H](CO)Cc2ccc[nH]2)c1. The predicted molar refractivity (Wildman–Crippen MR) is 163 cm³/mol. The number of methoxy groups -OCH3 is 1. The number of H-pyrrole nitrogens is 1. The zero-order valence-electron chi connectivity index (χ0n) is 24.7. The summed E-state index contributed by atoms with van der Waals surface area (Å²) in [4.78, 5) is 32.4. The van der Waals surface area contributed by atoms with E-state index in [1.807, 2.05) is 30.5 Å². The summed E-state index contributed by atoms with van der Waals surface area (Å²) in [5.74, 6) is -0.245. The maximum atomic E-state index is 12.7. The highest BCUT2D eigenvalue weighted by atomic mass is 16.5. The third-order valence-electron chi connectivity index (χ3n) is 7.84. The molecular weight excluding hydrogens is 534 g/mol. The number of pyridine rings is 1. The molecule has 2 heterocycles. The number of ketones is 2. The first-order valence-corrected chi connectivity index (χ1v) is 14.8. The maximum Gasteiger partial charge on any atom is 0.161 e. The number of aromatic hydroxyl groups is 1. The first-order chi connectivity index (χ1) is 20.3. The molecule has 9 nitrogen and oxygen atoms in total. The lowest BCUT2D eigenvalue weighted by Crippen LogP contribution is -2.22. The van der Waals surface area contributed by atoms with Crippen LogP contribution in [-0.4, -0.2) is 57.2 Å². The number of nitrogens with one attached hydrogen (secondary N) is 1. The van der Waals surface area contributed by atoms with Gasteiger partial charge in [0.1, 0.15) is 17.4 Å². The molecule has 0 spiro atoms. The highest BCUT2D eigenvalue weighted by Crippen LogP contribution is 2.43. The van der Waals surface area contributed by atoms with Gasteiger partial charge in [-0.2, -0.15) is 0 Å². The number of aliphatic hydroxyl groups is 2. The highest BCUT2D eigenvalue weighted by Gasteiger charge is 2.30. The number of nitrogens with zero attached hydrogens (tertiary/aromatic N) is 1. The van der Waals surface area contributed by atoms with Crippen LogP contribution in [0.2, 0.25) is 0 Å². The molecule has 0 saturated heterocycles. The summed E-state index contributed by atoms with van der Waals surface area (Å²) in [5, 5.41) is 31.2. The predicted octanol–water partition coefficient (Wildman–Crippen LogP) is 4.73. The minimum atomic E-state index is -0.454. The average molecular weight is 580 g/mol. The Morgan fingerprint density at radius 1 is 1.07 bits per heavy atom. The van der Waals surface area contributed by atoms with Gasteiger partial charge < -0.3 is 30.8 Å². The molecule has 228 valence electrons. The van der Waals surface area contributed by atoms with Crippen molar-refractivity contribution in [2.45, 2.75) is 70.6 Å². The molecule has 42 heavy (non-hydrogen) atoms. The van der Waals surface area contributed by atoms with Gasteiger partial charge in [0.2, 0.25) is 0 Å². The topological polar surface area (TPSA) is 159 Å². The third-order valence-corrected chi connectivity index (χ3v) is 7.84. The van der Waals surface area contributed by atoms with Crippen LogP contribution >= 0.6 is 0 Å². The van der Waals surface area contributed by atoms with Crippen molar-refractivity contribution in [3.05, 3.63) is 71.2 Å². The van der Waals surface area contributed by atoms with E-state index in [9.17, 15) is 24.9 Å². The third kappa shape index (κ3) is 9.42. The van der Waals surface area contributed by atoms with Crippen molar-refractivity contribution in [1.29, 1.82) is 0 Å². The molecule has 0 bridgehead atoms. The van der Waals surface area contributed by atoms with Crippen LogP contribution in [0, 0.1) is 11.8 Å². The standard InChI is InChI=1S/C33H45N3O6/c1-3-6-22(20-37)7-4-9-27(39)19-28(40)11-10-23-15-29(33(41)30(16-23)42-2)32(24-12-14-36-31(34)18-24)25(21-38)17-26-8-5-13-35-26/h5,8,12-16,18,22,25,32,35,37-38,41H,3-4,6-7,9-11,17,19-21H2,1-2H3,(H2,34,36)/t22-,25-,32-/m0/s1. The summed E-state index contributed by atoms with van der Waals surface area (Å²) in [6.45, 7) is 2.04. The Bertz CT molecular complexity index is 1280. The summed E-state index contributed by atoms with van der Waals surface area (Å²) in [6.07, 6.45) is 8.08. The van der Waals surface area contributed by atoms with Gasteiger partial charge in [0, 0.05) is 55.6 Å². The van der Waals surface area contributed by atoms with Crippen LogP contribution in [0.1, 0.15) is 80.2 Å². The second-order valence-electron chi connectivity index (χ2n) is 11.1. The largest absolute Gasteiger partial charge is 0.504 e. The first kappa shape index (κ1) is 32.8. The van der Waals surface area contributed by atoms with Crippen LogP contribution < -0.4 is 10.5 Å². The van der Waals surface area contributed by atoms with Crippen LogP contribution in [0.25, 0.3) is 0 Å². The number of hydrogen-bond acceptors (Lipinski definition) is 8. The van der Waals surface area contributed by atoms with Gasteiger partial charge in [-0.3, -0.25) is 9.59 Å². The Morgan fingerprint density at radius 3 is 2.50 bits per heavy atom. The van der Waals surface area contributed by atoms with E-state index in [1.165, 1.54) is 7.11 Å². The van der Waals surface area contributed by atoms with Gasteiger partial charge in [-0.1, -0.05) is 19.4 Å². The lowest BCUT2D eigenvalue weighted by atomic mass is 9.78. The molecule has 0 aliphatic rings. The maximum absolute atomic E-state index is 12.7. The van der Waals surface area contributed by atoms with Crippen LogP contribution in [0.5, 0.6) is 11.5 Å². The van der Waals surface area contributed by atoms with Crippen LogP contribution in [0.3, 0.4) is 0 Å². The van der Waals surface area contributed by atoms with E-state index >= 15 is 0 Å². The Balaban J connectivity index is 1.79. The van der Waals surface area contributed by atoms with E-state index in [-0.39, 0.29) is 61.0 Å². The van der Waals surface area contributed by atoms with Crippen molar-refractivity contribution in [1.82, 2.24) is 9.97 Å². The number of carbonyl (C=O) groups is 2. The van der Waals surface area contributed by atoms with E-state index in [2.05, 4.69) is 16.9 Å². The van der Waals surface area contributed by atoms with E-state index in [0.717, 1.165) is 36.1 Å². The summed E-state index contributed by atoms with van der Waals surface area (Å²) in [6, 6.07) is 10.9. The van der Waals surface area contributed by atoms with Crippen molar-refractivity contribution in [2.75, 3.05) is 26.1 Å².